The molecule has 1 aromatic carbocycles. The van der Waals surface area contributed by atoms with Crippen LogP contribution in [0.3, 0.4) is 0 Å². The molecular weight excluding hydrogens is 370 g/mol. The number of benzene rings is 1. The summed E-state index contributed by atoms with van der Waals surface area (Å²) >= 11 is 1.46. The van der Waals surface area contributed by atoms with Crippen molar-refractivity contribution < 1.29 is 9.53 Å². The molecule has 1 amide bonds. The highest BCUT2D eigenvalue weighted by atomic mass is 32.1. The summed E-state index contributed by atoms with van der Waals surface area (Å²) in [6.07, 6.45) is 1.85. The number of ether oxygens (including phenoxy) is 1. The number of carbonyl (C=O) groups excluding carboxylic acids is 1. The van der Waals surface area contributed by atoms with Gasteiger partial charge in [0.1, 0.15) is 12.4 Å². The van der Waals surface area contributed by atoms with Gasteiger partial charge in [-0.3, -0.25) is 9.48 Å². The van der Waals surface area contributed by atoms with Gasteiger partial charge in [0, 0.05) is 37.0 Å². The monoisotopic (exact) mass is 397 g/mol. The van der Waals surface area contributed by atoms with Crippen LogP contribution in [0.5, 0.6) is 5.75 Å². The van der Waals surface area contributed by atoms with E-state index in [9.17, 15) is 4.79 Å². The fraction of sp³-hybridized carbons (Fsp3) is 0.364. The van der Waals surface area contributed by atoms with Crippen LogP contribution in [0.2, 0.25) is 0 Å². The van der Waals surface area contributed by atoms with Gasteiger partial charge in [0.25, 0.3) is 5.91 Å². The van der Waals surface area contributed by atoms with Gasteiger partial charge >= 0.3 is 0 Å². The predicted octanol–water partition coefficient (Wildman–Crippen LogP) is 4.74. The van der Waals surface area contributed by atoms with Gasteiger partial charge in [0.05, 0.1) is 11.1 Å². The highest BCUT2D eigenvalue weighted by molar-refractivity contribution is 7.12. The van der Waals surface area contributed by atoms with Gasteiger partial charge in [0.2, 0.25) is 0 Å². The van der Waals surface area contributed by atoms with E-state index in [0.717, 1.165) is 39.6 Å². The summed E-state index contributed by atoms with van der Waals surface area (Å²) in [4.78, 5) is 15.3. The van der Waals surface area contributed by atoms with Crippen molar-refractivity contribution in [1.29, 1.82) is 0 Å². The summed E-state index contributed by atoms with van der Waals surface area (Å²) in [6, 6.07) is 7.98. The predicted molar refractivity (Wildman–Crippen MR) is 113 cm³/mol. The number of nitrogens with zero attached hydrogens (tertiary/aromatic N) is 3. The molecule has 6 heteroatoms. The topological polar surface area (TPSA) is 47.4 Å². The van der Waals surface area contributed by atoms with Crippen LogP contribution in [-0.2, 0) is 19.7 Å². The fourth-order valence-electron chi connectivity index (χ4n) is 3.08. The number of hydrogen-bond acceptors (Lipinski definition) is 4. The molecule has 0 saturated carbocycles. The lowest BCUT2D eigenvalue weighted by Crippen LogP contribution is -2.25. The second-order valence-electron chi connectivity index (χ2n) is 7.04. The molecule has 0 spiro atoms. The second kappa shape index (κ2) is 8.61. The normalized spacial score (nSPS) is 10.9. The van der Waals surface area contributed by atoms with E-state index < -0.39 is 0 Å². The SMILES string of the molecule is CCn1ncc(CN(C)C(=O)c2cc(COc3cccc(C)c3C)cs2)c1C. The average molecular weight is 398 g/mol. The third-order valence-electron chi connectivity index (χ3n) is 5.07. The molecule has 5 nitrogen and oxygen atoms in total. The zero-order valence-corrected chi connectivity index (χ0v) is 18.0. The maximum absolute atomic E-state index is 12.8. The summed E-state index contributed by atoms with van der Waals surface area (Å²) in [5.41, 5.74) is 5.56. The van der Waals surface area contributed by atoms with Crippen LogP contribution in [0.4, 0.5) is 0 Å². The third-order valence-corrected chi connectivity index (χ3v) is 6.04. The van der Waals surface area contributed by atoms with E-state index in [1.54, 1.807) is 4.90 Å². The van der Waals surface area contributed by atoms with Crippen LogP contribution in [0.1, 0.15) is 44.5 Å². The van der Waals surface area contributed by atoms with Crippen molar-refractivity contribution in [3.8, 4) is 5.75 Å². The Kier molecular flexibility index (Phi) is 6.19. The molecule has 2 aromatic heterocycles. The molecule has 28 heavy (non-hydrogen) atoms. The molecule has 0 atom stereocenters. The Bertz CT molecular complexity index is 974. The summed E-state index contributed by atoms with van der Waals surface area (Å²) in [5, 5.41) is 6.35. The summed E-state index contributed by atoms with van der Waals surface area (Å²) < 4.78 is 7.90. The first-order valence-corrected chi connectivity index (χ1v) is 10.3. The maximum atomic E-state index is 12.8. The van der Waals surface area contributed by atoms with Crippen molar-refractivity contribution in [1.82, 2.24) is 14.7 Å². The van der Waals surface area contributed by atoms with E-state index in [1.807, 2.05) is 48.4 Å². The second-order valence-corrected chi connectivity index (χ2v) is 7.95. The Morgan fingerprint density at radius 1 is 1.29 bits per heavy atom. The molecule has 0 N–H and O–H groups in total. The Balaban J connectivity index is 1.63. The molecule has 3 aromatic rings. The molecule has 0 radical (unpaired) electrons. The molecule has 0 saturated heterocycles. The Morgan fingerprint density at radius 3 is 2.79 bits per heavy atom. The van der Waals surface area contributed by atoms with Crippen LogP contribution >= 0.6 is 11.3 Å². The average Bonchev–Trinajstić information content (AvgIpc) is 3.29. The lowest BCUT2D eigenvalue weighted by atomic mass is 10.1. The van der Waals surface area contributed by atoms with Gasteiger partial charge in [-0.2, -0.15) is 5.10 Å². The summed E-state index contributed by atoms with van der Waals surface area (Å²) in [5.74, 6) is 0.909. The third kappa shape index (κ3) is 4.28. The number of aryl methyl sites for hydroxylation is 2. The minimum absolute atomic E-state index is 0.0200. The first-order chi connectivity index (χ1) is 13.4. The van der Waals surface area contributed by atoms with Crippen molar-refractivity contribution in [2.45, 2.75) is 47.4 Å². The van der Waals surface area contributed by atoms with Gasteiger partial charge < -0.3 is 9.64 Å². The van der Waals surface area contributed by atoms with Crippen LogP contribution in [0.15, 0.2) is 35.8 Å². The number of rotatable bonds is 7. The van der Waals surface area contributed by atoms with E-state index in [2.05, 4.69) is 31.9 Å². The van der Waals surface area contributed by atoms with Gasteiger partial charge in [-0.15, -0.1) is 11.3 Å². The summed E-state index contributed by atoms with van der Waals surface area (Å²) in [7, 11) is 1.83. The zero-order chi connectivity index (χ0) is 20.3. The quantitative estimate of drug-likeness (QED) is 0.578. The molecule has 2 heterocycles. The molecule has 0 aliphatic rings. The molecule has 0 fully saturated rings. The highest BCUT2D eigenvalue weighted by Gasteiger charge is 2.17. The van der Waals surface area contributed by atoms with Crippen LogP contribution in [0, 0.1) is 20.8 Å². The van der Waals surface area contributed by atoms with E-state index in [-0.39, 0.29) is 5.91 Å². The van der Waals surface area contributed by atoms with Crippen LogP contribution in [-0.4, -0.2) is 27.6 Å². The molecular formula is C22H27N3O2S. The summed E-state index contributed by atoms with van der Waals surface area (Å²) in [6.45, 7) is 10.1. The number of amides is 1. The van der Waals surface area contributed by atoms with Crippen molar-refractivity contribution in [3.05, 3.63) is 68.7 Å². The lowest BCUT2D eigenvalue weighted by Gasteiger charge is -2.16. The van der Waals surface area contributed by atoms with Gasteiger partial charge in [-0.25, -0.2) is 0 Å². The molecule has 3 rings (SSSR count). The number of thiophene rings is 1. The maximum Gasteiger partial charge on any atom is 0.263 e. The number of hydrogen-bond donors (Lipinski definition) is 0. The standard InChI is InChI=1S/C22H27N3O2S/c1-6-25-17(4)19(11-23-25)12-24(5)22(26)21-10-18(14-28-21)13-27-20-9-7-8-15(2)16(20)3/h7-11,14H,6,12-13H2,1-5H3. The molecule has 0 bridgehead atoms. The first-order valence-electron chi connectivity index (χ1n) is 9.43. The zero-order valence-electron chi connectivity index (χ0n) is 17.2. The van der Waals surface area contributed by atoms with E-state index in [4.69, 9.17) is 4.74 Å². The molecule has 0 unspecified atom stereocenters. The minimum atomic E-state index is 0.0200. The van der Waals surface area contributed by atoms with Gasteiger partial charge in [-0.05, 0) is 56.3 Å². The largest absolute Gasteiger partial charge is 0.489 e. The van der Waals surface area contributed by atoms with E-state index >= 15 is 0 Å². The first kappa shape index (κ1) is 20.1. The smallest absolute Gasteiger partial charge is 0.263 e. The fourth-order valence-corrected chi connectivity index (χ4v) is 3.97. The lowest BCUT2D eigenvalue weighted by molar-refractivity contribution is 0.0789. The number of carbonyl (C=O) groups is 1. The Morgan fingerprint density at radius 2 is 2.07 bits per heavy atom. The van der Waals surface area contributed by atoms with Gasteiger partial charge in [0.15, 0.2) is 0 Å². The molecule has 148 valence electrons. The highest BCUT2D eigenvalue weighted by Crippen LogP contribution is 2.24. The van der Waals surface area contributed by atoms with Crippen molar-refractivity contribution in [3.63, 3.8) is 0 Å². The Labute approximate surface area is 170 Å². The number of aromatic nitrogens is 2. The minimum Gasteiger partial charge on any atom is -0.489 e. The van der Waals surface area contributed by atoms with Crippen molar-refractivity contribution in [2.24, 2.45) is 0 Å². The van der Waals surface area contributed by atoms with E-state index in [1.165, 1.54) is 16.9 Å². The molecule has 0 aliphatic carbocycles. The Hall–Kier alpha value is -2.60. The van der Waals surface area contributed by atoms with Crippen molar-refractivity contribution >= 4 is 17.2 Å². The van der Waals surface area contributed by atoms with Crippen LogP contribution < -0.4 is 4.74 Å². The van der Waals surface area contributed by atoms with Crippen molar-refractivity contribution in [2.75, 3.05) is 7.05 Å². The van der Waals surface area contributed by atoms with E-state index in [0.29, 0.717) is 13.2 Å². The van der Waals surface area contributed by atoms with Crippen LogP contribution in [0.25, 0.3) is 0 Å². The van der Waals surface area contributed by atoms with Gasteiger partial charge in [-0.1, -0.05) is 12.1 Å². The molecule has 0 aliphatic heterocycles.